The highest BCUT2D eigenvalue weighted by Gasteiger charge is 2.11. The number of thioether (sulfide) groups is 1. The largest absolute Gasteiger partial charge is 0.333 e. The van der Waals surface area contributed by atoms with Gasteiger partial charge in [-0.3, -0.25) is 4.79 Å². The molecule has 0 atom stereocenters. The SMILES string of the molecule is Br.O=C(CSc1nc2ccc(Cl)cc2[nH]1)c1ccc(Br)s1. The highest BCUT2D eigenvalue weighted by Crippen LogP contribution is 2.26. The standard InChI is InChI=1S/C13H8BrClN2OS2.BrH/c14-12-4-3-11(20-12)10(18)6-19-13-16-8-2-1-7(15)5-9(8)17-13;/h1-5H,6H2,(H,16,17);1H. The quantitative estimate of drug-likeness (QED) is 0.401. The zero-order chi connectivity index (χ0) is 14.1. The van der Waals surface area contributed by atoms with Crippen LogP contribution < -0.4 is 0 Å². The van der Waals surface area contributed by atoms with Gasteiger partial charge in [0.1, 0.15) is 0 Å². The number of halogens is 3. The first kappa shape index (κ1) is 17.0. The summed E-state index contributed by atoms with van der Waals surface area (Å²) in [5, 5.41) is 1.39. The van der Waals surface area contributed by atoms with E-state index in [1.807, 2.05) is 24.3 Å². The second-order valence-electron chi connectivity index (χ2n) is 4.02. The average Bonchev–Trinajstić information content (AvgIpc) is 3.01. The third-order valence-electron chi connectivity index (χ3n) is 2.61. The first-order valence-electron chi connectivity index (χ1n) is 5.68. The van der Waals surface area contributed by atoms with Gasteiger partial charge in [0.25, 0.3) is 0 Å². The Balaban J connectivity index is 0.00000161. The molecule has 0 saturated heterocycles. The number of H-pyrrole nitrogens is 1. The van der Waals surface area contributed by atoms with Crippen molar-refractivity contribution in [2.45, 2.75) is 5.16 Å². The van der Waals surface area contributed by atoms with Crippen molar-refractivity contribution >= 4 is 84.4 Å². The van der Waals surface area contributed by atoms with Crippen molar-refractivity contribution in [1.82, 2.24) is 9.97 Å². The number of thiophene rings is 1. The van der Waals surface area contributed by atoms with Crippen molar-refractivity contribution in [1.29, 1.82) is 0 Å². The molecule has 1 aromatic carbocycles. The highest BCUT2D eigenvalue weighted by atomic mass is 79.9. The number of hydrogen-bond donors (Lipinski definition) is 1. The molecule has 8 heteroatoms. The summed E-state index contributed by atoms with van der Waals surface area (Å²) in [4.78, 5) is 20.3. The van der Waals surface area contributed by atoms with Crippen LogP contribution in [0.1, 0.15) is 9.67 Å². The van der Waals surface area contributed by atoms with E-state index in [9.17, 15) is 4.79 Å². The number of nitrogens with one attached hydrogen (secondary N) is 1. The second-order valence-corrected chi connectivity index (χ2v) is 7.88. The fourth-order valence-electron chi connectivity index (χ4n) is 1.70. The van der Waals surface area contributed by atoms with Gasteiger partial charge in [0.2, 0.25) is 0 Å². The third-order valence-corrected chi connectivity index (χ3v) is 5.38. The minimum absolute atomic E-state index is 0. The van der Waals surface area contributed by atoms with Gasteiger partial charge in [-0.25, -0.2) is 4.98 Å². The van der Waals surface area contributed by atoms with E-state index in [2.05, 4.69) is 25.9 Å². The number of fused-ring (bicyclic) bond motifs is 1. The normalized spacial score (nSPS) is 10.6. The summed E-state index contributed by atoms with van der Waals surface area (Å²) < 4.78 is 0.962. The van der Waals surface area contributed by atoms with Crippen molar-refractivity contribution in [3.05, 3.63) is 44.0 Å². The molecule has 2 aromatic heterocycles. The number of benzene rings is 1. The van der Waals surface area contributed by atoms with E-state index in [1.54, 1.807) is 6.07 Å². The second kappa shape index (κ2) is 7.28. The maximum Gasteiger partial charge on any atom is 0.183 e. The number of hydrogen-bond acceptors (Lipinski definition) is 4. The molecule has 0 aliphatic carbocycles. The topological polar surface area (TPSA) is 45.8 Å². The molecular weight excluding hydrogens is 460 g/mol. The maximum absolute atomic E-state index is 12.0. The van der Waals surface area contributed by atoms with Crippen LogP contribution >= 0.6 is 67.6 Å². The number of imidazole rings is 1. The summed E-state index contributed by atoms with van der Waals surface area (Å²) in [6.45, 7) is 0. The van der Waals surface area contributed by atoms with Gasteiger partial charge >= 0.3 is 0 Å². The minimum Gasteiger partial charge on any atom is -0.333 e. The van der Waals surface area contributed by atoms with Crippen LogP contribution in [0.2, 0.25) is 5.02 Å². The Labute approximate surface area is 153 Å². The lowest BCUT2D eigenvalue weighted by Crippen LogP contribution is -1.99. The molecule has 0 spiro atoms. The van der Waals surface area contributed by atoms with Gasteiger partial charge in [0.15, 0.2) is 10.9 Å². The van der Waals surface area contributed by atoms with Gasteiger partial charge in [-0.2, -0.15) is 0 Å². The molecule has 0 bridgehead atoms. The van der Waals surface area contributed by atoms with Gasteiger partial charge in [0, 0.05) is 5.02 Å². The number of nitrogens with zero attached hydrogens (tertiary/aromatic N) is 1. The van der Waals surface area contributed by atoms with Gasteiger partial charge < -0.3 is 4.98 Å². The fraction of sp³-hybridized carbons (Fsp3) is 0.0769. The van der Waals surface area contributed by atoms with Crippen LogP contribution in [-0.2, 0) is 0 Å². The number of ketones is 1. The molecule has 0 amide bonds. The predicted octanol–water partition coefficient (Wildman–Crippen LogP) is 5.59. The predicted molar refractivity (Wildman–Crippen MR) is 98.5 cm³/mol. The van der Waals surface area contributed by atoms with Gasteiger partial charge in [-0.15, -0.1) is 28.3 Å². The Bertz CT molecular complexity index is 787. The Hall–Kier alpha value is -0.340. The lowest BCUT2D eigenvalue weighted by molar-refractivity contribution is 0.102. The molecule has 1 N–H and O–H groups in total. The number of aromatic nitrogens is 2. The van der Waals surface area contributed by atoms with Crippen LogP contribution in [0.3, 0.4) is 0 Å². The van der Waals surface area contributed by atoms with E-state index < -0.39 is 0 Å². The summed E-state index contributed by atoms with van der Waals surface area (Å²) in [5.41, 5.74) is 1.73. The molecule has 3 nitrogen and oxygen atoms in total. The van der Waals surface area contributed by atoms with E-state index in [-0.39, 0.29) is 22.8 Å². The number of carbonyl (C=O) groups excluding carboxylic acids is 1. The van der Waals surface area contributed by atoms with Crippen LogP contribution in [-0.4, -0.2) is 21.5 Å². The van der Waals surface area contributed by atoms with Crippen molar-refractivity contribution in [3.8, 4) is 0 Å². The summed E-state index contributed by atoms with van der Waals surface area (Å²) >= 11 is 12.1. The molecule has 0 unspecified atom stereocenters. The summed E-state index contributed by atoms with van der Waals surface area (Å²) in [6.07, 6.45) is 0. The van der Waals surface area contributed by atoms with E-state index in [1.165, 1.54) is 23.1 Å². The van der Waals surface area contributed by atoms with Crippen LogP contribution in [0, 0.1) is 0 Å². The maximum atomic E-state index is 12.0. The molecule has 0 radical (unpaired) electrons. The zero-order valence-corrected chi connectivity index (χ0v) is 16.1. The smallest absolute Gasteiger partial charge is 0.183 e. The Morgan fingerprint density at radius 2 is 2.19 bits per heavy atom. The van der Waals surface area contributed by atoms with Crippen LogP contribution in [0.4, 0.5) is 0 Å². The molecule has 3 aromatic rings. The molecule has 0 saturated carbocycles. The monoisotopic (exact) mass is 466 g/mol. The average molecular weight is 469 g/mol. The molecule has 2 heterocycles. The molecule has 0 aliphatic rings. The Morgan fingerprint density at radius 3 is 2.90 bits per heavy atom. The van der Waals surface area contributed by atoms with E-state index >= 15 is 0 Å². The van der Waals surface area contributed by atoms with Crippen molar-refractivity contribution in [2.24, 2.45) is 0 Å². The Kier molecular flexibility index (Phi) is 5.90. The zero-order valence-electron chi connectivity index (χ0n) is 10.4. The summed E-state index contributed by atoms with van der Waals surface area (Å²) in [5.74, 6) is 0.463. The van der Waals surface area contributed by atoms with Gasteiger partial charge in [0.05, 0.1) is 25.4 Å². The highest BCUT2D eigenvalue weighted by molar-refractivity contribution is 9.11. The Morgan fingerprint density at radius 1 is 1.38 bits per heavy atom. The van der Waals surface area contributed by atoms with Gasteiger partial charge in [-0.1, -0.05) is 23.4 Å². The molecular formula is C13H9Br2ClN2OS2. The lowest BCUT2D eigenvalue weighted by atomic mass is 10.3. The lowest BCUT2D eigenvalue weighted by Gasteiger charge is -1.95. The number of rotatable bonds is 4. The molecule has 0 fully saturated rings. The van der Waals surface area contributed by atoms with Crippen molar-refractivity contribution < 1.29 is 4.79 Å². The first-order valence-corrected chi connectivity index (χ1v) is 8.66. The third kappa shape index (κ3) is 4.10. The fourth-order valence-corrected chi connectivity index (χ4v) is 4.05. The van der Waals surface area contributed by atoms with Crippen LogP contribution in [0.25, 0.3) is 11.0 Å². The van der Waals surface area contributed by atoms with Crippen molar-refractivity contribution in [2.75, 3.05) is 5.75 Å². The van der Waals surface area contributed by atoms with E-state index in [0.717, 1.165) is 24.9 Å². The van der Waals surface area contributed by atoms with E-state index in [0.29, 0.717) is 10.8 Å². The van der Waals surface area contributed by atoms with E-state index in [4.69, 9.17) is 11.6 Å². The van der Waals surface area contributed by atoms with Crippen LogP contribution in [0.15, 0.2) is 39.3 Å². The van der Waals surface area contributed by atoms with Crippen molar-refractivity contribution in [3.63, 3.8) is 0 Å². The minimum atomic E-state index is 0. The summed E-state index contributed by atoms with van der Waals surface area (Å²) in [7, 11) is 0. The molecule has 110 valence electrons. The molecule has 21 heavy (non-hydrogen) atoms. The number of Topliss-reactive ketones (excluding diaryl/α,β-unsaturated/α-hetero) is 1. The molecule has 0 aliphatic heterocycles. The summed E-state index contributed by atoms with van der Waals surface area (Å²) in [6, 6.07) is 9.19. The number of aromatic amines is 1. The number of carbonyl (C=O) groups is 1. The molecule has 3 rings (SSSR count). The first-order chi connectivity index (χ1) is 9.61. The van der Waals surface area contributed by atoms with Crippen LogP contribution in [0.5, 0.6) is 0 Å². The van der Waals surface area contributed by atoms with Gasteiger partial charge in [-0.05, 0) is 46.3 Å².